The first-order chi connectivity index (χ1) is 8.29. The van der Waals surface area contributed by atoms with Gasteiger partial charge in [-0.3, -0.25) is 0 Å². The Morgan fingerprint density at radius 2 is 2.53 bits per heavy atom. The lowest BCUT2D eigenvalue weighted by Gasteiger charge is -2.16. The van der Waals surface area contributed by atoms with E-state index in [2.05, 4.69) is 17.2 Å². The molecule has 2 unspecified atom stereocenters. The molecule has 2 rings (SSSR count). The van der Waals surface area contributed by atoms with Gasteiger partial charge in [0.2, 0.25) is 0 Å². The number of thiazole rings is 1. The number of ether oxygens (including phenoxy) is 1. The lowest BCUT2D eigenvalue weighted by atomic mass is 10.00. The third-order valence-electron chi connectivity index (χ3n) is 3.28. The molecule has 0 radical (unpaired) electrons. The average molecular weight is 255 g/mol. The summed E-state index contributed by atoms with van der Waals surface area (Å²) in [5, 5.41) is 6.19. The van der Waals surface area contributed by atoms with Gasteiger partial charge < -0.3 is 15.8 Å². The van der Waals surface area contributed by atoms with E-state index in [-0.39, 0.29) is 0 Å². The zero-order chi connectivity index (χ0) is 12.1. The van der Waals surface area contributed by atoms with E-state index in [9.17, 15) is 0 Å². The van der Waals surface area contributed by atoms with Crippen LogP contribution in [0, 0.1) is 5.92 Å². The topological polar surface area (TPSA) is 60.2 Å². The highest BCUT2D eigenvalue weighted by molar-refractivity contribution is 7.13. The van der Waals surface area contributed by atoms with Gasteiger partial charge in [-0.1, -0.05) is 6.92 Å². The van der Waals surface area contributed by atoms with Gasteiger partial charge in [0, 0.05) is 31.5 Å². The van der Waals surface area contributed by atoms with Crippen molar-refractivity contribution < 1.29 is 4.74 Å². The molecule has 1 aromatic heterocycles. The van der Waals surface area contributed by atoms with Gasteiger partial charge in [-0.2, -0.15) is 0 Å². The van der Waals surface area contributed by atoms with Crippen molar-refractivity contribution in [3.63, 3.8) is 0 Å². The quantitative estimate of drug-likeness (QED) is 0.759. The minimum Gasteiger partial charge on any atom is -0.378 e. The van der Waals surface area contributed by atoms with Crippen LogP contribution < -0.4 is 11.1 Å². The molecule has 2 heterocycles. The molecule has 1 saturated heterocycles. The van der Waals surface area contributed by atoms with Crippen molar-refractivity contribution in [1.82, 2.24) is 10.3 Å². The highest BCUT2D eigenvalue weighted by Crippen LogP contribution is 2.22. The van der Waals surface area contributed by atoms with E-state index in [1.165, 1.54) is 17.8 Å². The Morgan fingerprint density at radius 1 is 1.65 bits per heavy atom. The highest BCUT2D eigenvalue weighted by Gasteiger charge is 2.25. The molecule has 0 bridgehead atoms. The third kappa shape index (κ3) is 3.66. The monoisotopic (exact) mass is 255 g/mol. The lowest BCUT2D eigenvalue weighted by Crippen LogP contribution is -2.29. The van der Waals surface area contributed by atoms with E-state index in [0.29, 0.717) is 17.2 Å². The number of nitrogens with zero attached hydrogens (tertiary/aromatic N) is 1. The maximum atomic E-state index is 5.67. The van der Waals surface area contributed by atoms with Crippen molar-refractivity contribution >= 4 is 16.5 Å². The number of hydrogen-bond acceptors (Lipinski definition) is 5. The van der Waals surface area contributed by atoms with E-state index in [0.717, 1.165) is 38.2 Å². The van der Waals surface area contributed by atoms with Gasteiger partial charge in [-0.05, 0) is 18.8 Å². The first-order valence-electron chi connectivity index (χ1n) is 6.31. The van der Waals surface area contributed by atoms with Gasteiger partial charge in [-0.25, -0.2) is 4.98 Å². The van der Waals surface area contributed by atoms with E-state index in [1.807, 2.05) is 5.38 Å². The van der Waals surface area contributed by atoms with Crippen LogP contribution in [0.2, 0.25) is 0 Å². The first kappa shape index (κ1) is 12.8. The fourth-order valence-corrected chi connectivity index (χ4v) is 2.92. The van der Waals surface area contributed by atoms with Crippen LogP contribution in [-0.4, -0.2) is 30.8 Å². The van der Waals surface area contributed by atoms with Gasteiger partial charge in [0.05, 0.1) is 11.8 Å². The Kier molecular flexibility index (Phi) is 4.76. The summed E-state index contributed by atoms with van der Waals surface area (Å²) in [6.07, 6.45) is 3.72. The maximum Gasteiger partial charge on any atom is 0.180 e. The summed E-state index contributed by atoms with van der Waals surface area (Å²) >= 11 is 1.51. The Hall–Kier alpha value is -0.650. The molecule has 1 aliphatic heterocycles. The van der Waals surface area contributed by atoms with E-state index < -0.39 is 0 Å². The molecule has 5 heteroatoms. The van der Waals surface area contributed by atoms with Crippen LogP contribution in [0.5, 0.6) is 0 Å². The molecule has 2 atom stereocenters. The molecule has 0 spiro atoms. The molecule has 0 aliphatic carbocycles. The standard InChI is InChI=1S/C12H21N3OS/c1-2-11-9(4-6-16-11)7-14-5-3-10-8-17-12(13)15-10/h8-9,11,14H,2-7H2,1H3,(H2,13,15). The van der Waals surface area contributed by atoms with Crippen molar-refractivity contribution in [2.75, 3.05) is 25.4 Å². The van der Waals surface area contributed by atoms with Gasteiger partial charge in [-0.15, -0.1) is 11.3 Å². The highest BCUT2D eigenvalue weighted by atomic mass is 32.1. The fraction of sp³-hybridized carbons (Fsp3) is 0.750. The summed E-state index contributed by atoms with van der Waals surface area (Å²) in [6.45, 7) is 5.14. The van der Waals surface area contributed by atoms with E-state index in [1.54, 1.807) is 0 Å². The predicted octanol–water partition coefficient (Wildman–Crippen LogP) is 1.67. The number of aromatic nitrogens is 1. The number of nitrogens with two attached hydrogens (primary N) is 1. The smallest absolute Gasteiger partial charge is 0.180 e. The fourth-order valence-electron chi connectivity index (χ4n) is 2.32. The maximum absolute atomic E-state index is 5.67. The van der Waals surface area contributed by atoms with Crippen LogP contribution in [0.25, 0.3) is 0 Å². The minimum atomic E-state index is 0.456. The van der Waals surface area contributed by atoms with Crippen molar-refractivity contribution in [2.45, 2.75) is 32.3 Å². The Balaban J connectivity index is 1.63. The number of rotatable bonds is 6. The second kappa shape index (κ2) is 6.33. The summed E-state index contributed by atoms with van der Waals surface area (Å²) < 4.78 is 5.67. The second-order valence-electron chi connectivity index (χ2n) is 4.50. The Bertz CT molecular complexity index is 342. The molecule has 0 amide bonds. The van der Waals surface area contributed by atoms with E-state index >= 15 is 0 Å². The van der Waals surface area contributed by atoms with Crippen LogP contribution in [-0.2, 0) is 11.2 Å². The largest absolute Gasteiger partial charge is 0.378 e. The average Bonchev–Trinajstić information content (AvgIpc) is 2.93. The van der Waals surface area contributed by atoms with Gasteiger partial charge in [0.15, 0.2) is 5.13 Å². The number of nitrogen functional groups attached to an aromatic ring is 1. The molecule has 1 aromatic rings. The minimum absolute atomic E-state index is 0.456. The van der Waals surface area contributed by atoms with Crippen molar-refractivity contribution in [3.8, 4) is 0 Å². The summed E-state index contributed by atoms with van der Waals surface area (Å²) in [7, 11) is 0. The summed E-state index contributed by atoms with van der Waals surface area (Å²) in [6, 6.07) is 0. The summed E-state index contributed by atoms with van der Waals surface area (Å²) in [5.74, 6) is 0.681. The molecule has 1 aliphatic rings. The third-order valence-corrected chi connectivity index (χ3v) is 4.01. The lowest BCUT2D eigenvalue weighted by molar-refractivity contribution is 0.0873. The predicted molar refractivity (Wildman–Crippen MR) is 71.2 cm³/mol. The zero-order valence-electron chi connectivity index (χ0n) is 10.3. The Morgan fingerprint density at radius 3 is 3.24 bits per heavy atom. The molecule has 3 N–H and O–H groups in total. The molecular weight excluding hydrogens is 234 g/mol. The first-order valence-corrected chi connectivity index (χ1v) is 7.19. The number of nitrogens with one attached hydrogen (secondary N) is 1. The molecule has 1 fully saturated rings. The normalized spacial score (nSPS) is 24.3. The van der Waals surface area contributed by atoms with Crippen LogP contribution in [0.1, 0.15) is 25.5 Å². The van der Waals surface area contributed by atoms with Crippen molar-refractivity contribution in [3.05, 3.63) is 11.1 Å². The van der Waals surface area contributed by atoms with Crippen LogP contribution in [0.15, 0.2) is 5.38 Å². The molecular formula is C12H21N3OS. The number of hydrogen-bond donors (Lipinski definition) is 2. The van der Waals surface area contributed by atoms with Crippen LogP contribution in [0.4, 0.5) is 5.13 Å². The van der Waals surface area contributed by atoms with Gasteiger partial charge in [0.1, 0.15) is 0 Å². The molecule has 4 nitrogen and oxygen atoms in total. The SMILES string of the molecule is CCC1OCCC1CNCCc1csc(N)n1. The summed E-state index contributed by atoms with van der Waals surface area (Å²) in [4.78, 5) is 4.24. The van der Waals surface area contributed by atoms with Crippen molar-refractivity contribution in [1.29, 1.82) is 0 Å². The van der Waals surface area contributed by atoms with Gasteiger partial charge in [0.25, 0.3) is 0 Å². The molecule has 0 saturated carbocycles. The van der Waals surface area contributed by atoms with E-state index in [4.69, 9.17) is 10.5 Å². The zero-order valence-corrected chi connectivity index (χ0v) is 11.1. The van der Waals surface area contributed by atoms with Crippen molar-refractivity contribution in [2.24, 2.45) is 5.92 Å². The van der Waals surface area contributed by atoms with Crippen LogP contribution >= 0.6 is 11.3 Å². The molecule has 96 valence electrons. The summed E-state index contributed by atoms with van der Waals surface area (Å²) in [5.41, 5.74) is 6.68. The molecule has 17 heavy (non-hydrogen) atoms. The Labute approximate surface area is 107 Å². The molecule has 0 aromatic carbocycles. The van der Waals surface area contributed by atoms with Gasteiger partial charge >= 0.3 is 0 Å². The number of anilines is 1. The second-order valence-corrected chi connectivity index (χ2v) is 5.39. The van der Waals surface area contributed by atoms with Crippen LogP contribution in [0.3, 0.4) is 0 Å².